The lowest BCUT2D eigenvalue weighted by Crippen LogP contribution is -2.38. The lowest BCUT2D eigenvalue weighted by atomic mass is 10.1. The van der Waals surface area contributed by atoms with Crippen LogP contribution in [-0.2, 0) is 17.8 Å². The molecule has 7 nitrogen and oxygen atoms in total. The maximum absolute atomic E-state index is 11.4. The molecule has 3 N–H and O–H groups in total. The van der Waals surface area contributed by atoms with Crippen molar-refractivity contribution in [3.8, 4) is 5.75 Å². The van der Waals surface area contributed by atoms with Crippen molar-refractivity contribution in [1.82, 2.24) is 5.32 Å². The number of rotatable bonds is 7. The molecule has 2 aromatic rings. The van der Waals surface area contributed by atoms with Crippen LogP contribution in [0.3, 0.4) is 0 Å². The van der Waals surface area contributed by atoms with Crippen LogP contribution >= 0.6 is 0 Å². The first-order valence-corrected chi connectivity index (χ1v) is 6.94. The molecule has 120 valence electrons. The maximum atomic E-state index is 11.4. The monoisotopic (exact) mass is 316 g/mol. The molecule has 0 amide bonds. The van der Waals surface area contributed by atoms with E-state index in [9.17, 15) is 25.1 Å². The number of nitrogens with one attached hydrogen (secondary N) is 1. The summed E-state index contributed by atoms with van der Waals surface area (Å²) in [6.45, 7) is 0.0112. The summed E-state index contributed by atoms with van der Waals surface area (Å²) in [7, 11) is 0. The van der Waals surface area contributed by atoms with Gasteiger partial charge in [0.25, 0.3) is 5.69 Å². The summed E-state index contributed by atoms with van der Waals surface area (Å²) >= 11 is 0. The van der Waals surface area contributed by atoms with Gasteiger partial charge in [-0.2, -0.15) is 0 Å². The van der Waals surface area contributed by atoms with Crippen LogP contribution in [0.2, 0.25) is 0 Å². The molecule has 0 bridgehead atoms. The van der Waals surface area contributed by atoms with Crippen LogP contribution in [0.1, 0.15) is 11.1 Å². The molecular weight excluding hydrogens is 300 g/mol. The van der Waals surface area contributed by atoms with Gasteiger partial charge in [0.15, 0.2) is 0 Å². The number of carboxylic acids is 1. The summed E-state index contributed by atoms with van der Waals surface area (Å²) in [6, 6.07) is 11.9. The van der Waals surface area contributed by atoms with Gasteiger partial charge >= 0.3 is 5.97 Å². The summed E-state index contributed by atoms with van der Waals surface area (Å²) < 4.78 is 0. The summed E-state index contributed by atoms with van der Waals surface area (Å²) in [5.74, 6) is -1.15. The number of non-ortho nitro benzene ring substituents is 1. The van der Waals surface area contributed by atoms with E-state index in [1.807, 2.05) is 30.3 Å². The third kappa shape index (κ3) is 4.52. The zero-order valence-electron chi connectivity index (χ0n) is 12.2. The second kappa shape index (κ2) is 7.37. The maximum Gasteiger partial charge on any atom is 0.321 e. The molecule has 0 saturated heterocycles. The molecular formula is C16H16N2O5. The van der Waals surface area contributed by atoms with Crippen LogP contribution in [0.4, 0.5) is 5.69 Å². The zero-order chi connectivity index (χ0) is 16.8. The minimum absolute atomic E-state index is 0.0112. The van der Waals surface area contributed by atoms with Crippen molar-refractivity contribution >= 4 is 11.7 Å². The van der Waals surface area contributed by atoms with Gasteiger partial charge in [-0.15, -0.1) is 0 Å². The molecule has 0 aliphatic rings. The number of nitro benzene ring substituents is 1. The third-order valence-corrected chi connectivity index (χ3v) is 3.39. The van der Waals surface area contributed by atoms with Gasteiger partial charge in [-0.1, -0.05) is 30.3 Å². The van der Waals surface area contributed by atoms with Gasteiger partial charge in [-0.25, -0.2) is 0 Å². The molecule has 1 unspecified atom stereocenters. The first kappa shape index (κ1) is 16.4. The number of benzene rings is 2. The molecule has 0 heterocycles. The van der Waals surface area contributed by atoms with Crippen LogP contribution < -0.4 is 5.32 Å². The second-order valence-electron chi connectivity index (χ2n) is 5.03. The zero-order valence-corrected chi connectivity index (χ0v) is 12.2. The van der Waals surface area contributed by atoms with E-state index >= 15 is 0 Å². The van der Waals surface area contributed by atoms with Crippen molar-refractivity contribution < 1.29 is 19.9 Å². The fourth-order valence-electron chi connectivity index (χ4n) is 2.16. The predicted molar refractivity (Wildman–Crippen MR) is 83.2 cm³/mol. The molecule has 2 rings (SSSR count). The number of carbonyl (C=O) groups is 1. The van der Waals surface area contributed by atoms with Crippen molar-refractivity contribution in [2.45, 2.75) is 19.0 Å². The average molecular weight is 316 g/mol. The first-order valence-electron chi connectivity index (χ1n) is 6.94. The molecule has 0 fully saturated rings. The molecule has 0 radical (unpaired) electrons. The van der Waals surface area contributed by atoms with Crippen molar-refractivity contribution in [1.29, 1.82) is 0 Å². The molecule has 23 heavy (non-hydrogen) atoms. The van der Waals surface area contributed by atoms with E-state index < -0.39 is 16.9 Å². The Morgan fingerprint density at radius 1 is 1.22 bits per heavy atom. The Morgan fingerprint density at radius 3 is 2.52 bits per heavy atom. The number of phenolic OH excluding ortho intramolecular Hbond substituents is 1. The van der Waals surface area contributed by atoms with Crippen molar-refractivity contribution in [2.75, 3.05) is 0 Å². The Hall–Kier alpha value is -2.93. The molecule has 7 heteroatoms. The van der Waals surface area contributed by atoms with Gasteiger partial charge in [-0.05, 0) is 18.1 Å². The van der Waals surface area contributed by atoms with Crippen LogP contribution in [0, 0.1) is 10.1 Å². The Balaban J connectivity index is 2.08. The summed E-state index contributed by atoms with van der Waals surface area (Å²) in [5.41, 5.74) is 0.976. The second-order valence-corrected chi connectivity index (χ2v) is 5.03. The molecule has 0 spiro atoms. The number of hydrogen-bond acceptors (Lipinski definition) is 5. The summed E-state index contributed by atoms with van der Waals surface area (Å²) in [5, 5.41) is 32.6. The highest BCUT2D eigenvalue weighted by Gasteiger charge is 2.18. The van der Waals surface area contributed by atoms with Gasteiger partial charge in [0.05, 0.1) is 4.92 Å². The Labute approximate surface area is 132 Å². The number of aromatic hydroxyl groups is 1. The van der Waals surface area contributed by atoms with E-state index in [1.54, 1.807) is 0 Å². The highest BCUT2D eigenvalue weighted by Crippen LogP contribution is 2.22. The van der Waals surface area contributed by atoms with Crippen molar-refractivity contribution in [3.05, 3.63) is 69.8 Å². The van der Waals surface area contributed by atoms with Gasteiger partial charge < -0.3 is 10.2 Å². The van der Waals surface area contributed by atoms with E-state index in [0.717, 1.165) is 5.56 Å². The summed E-state index contributed by atoms with van der Waals surface area (Å²) in [4.78, 5) is 21.5. The smallest absolute Gasteiger partial charge is 0.321 e. The van der Waals surface area contributed by atoms with Crippen LogP contribution in [0.5, 0.6) is 5.75 Å². The fraction of sp³-hybridized carbons (Fsp3) is 0.188. The SMILES string of the molecule is O=C(O)C(Cc1ccccc1)NCc1cc([N+](=O)[O-])ccc1O. The number of nitro groups is 1. The highest BCUT2D eigenvalue weighted by atomic mass is 16.6. The van der Waals surface area contributed by atoms with E-state index in [0.29, 0.717) is 0 Å². The van der Waals surface area contributed by atoms with Gasteiger partial charge in [0.2, 0.25) is 0 Å². The molecule has 0 aliphatic carbocycles. The normalized spacial score (nSPS) is 11.8. The lowest BCUT2D eigenvalue weighted by molar-refractivity contribution is -0.384. The van der Waals surface area contributed by atoms with E-state index in [-0.39, 0.29) is 30.0 Å². The quantitative estimate of drug-likeness (QED) is 0.532. The topological polar surface area (TPSA) is 113 Å². The highest BCUT2D eigenvalue weighted by molar-refractivity contribution is 5.74. The standard InChI is InChI=1S/C16H16N2O5/c19-15-7-6-13(18(22)23)9-12(15)10-17-14(16(20)21)8-11-4-2-1-3-5-11/h1-7,9,14,17,19H,8,10H2,(H,20,21). The largest absolute Gasteiger partial charge is 0.508 e. The molecule has 0 saturated carbocycles. The first-order chi connectivity index (χ1) is 11.0. The molecule has 0 aliphatic heterocycles. The Bertz CT molecular complexity index is 703. The minimum atomic E-state index is -1.03. The number of nitrogens with zero attached hydrogens (tertiary/aromatic N) is 1. The number of phenols is 1. The Kier molecular flexibility index (Phi) is 5.27. The van der Waals surface area contributed by atoms with Gasteiger partial charge in [-0.3, -0.25) is 20.2 Å². The number of carboxylic acid groups (broad SMARTS) is 1. The van der Waals surface area contributed by atoms with Crippen molar-refractivity contribution in [3.63, 3.8) is 0 Å². The number of aliphatic carboxylic acids is 1. The molecule has 0 aromatic heterocycles. The minimum Gasteiger partial charge on any atom is -0.508 e. The number of hydrogen-bond donors (Lipinski definition) is 3. The van der Waals surface area contributed by atoms with E-state index in [4.69, 9.17) is 0 Å². The fourth-order valence-corrected chi connectivity index (χ4v) is 2.16. The Morgan fingerprint density at radius 2 is 1.91 bits per heavy atom. The third-order valence-electron chi connectivity index (χ3n) is 3.39. The van der Waals surface area contributed by atoms with Crippen molar-refractivity contribution in [2.24, 2.45) is 0 Å². The molecule has 2 aromatic carbocycles. The summed E-state index contributed by atoms with van der Waals surface area (Å²) in [6.07, 6.45) is 0.270. The lowest BCUT2D eigenvalue weighted by Gasteiger charge is -2.15. The van der Waals surface area contributed by atoms with Gasteiger partial charge in [0.1, 0.15) is 11.8 Å². The van der Waals surface area contributed by atoms with Gasteiger partial charge in [0, 0.05) is 24.2 Å². The van der Waals surface area contributed by atoms with E-state index in [2.05, 4.69) is 5.32 Å². The van der Waals surface area contributed by atoms with Crippen LogP contribution in [-0.4, -0.2) is 27.1 Å². The average Bonchev–Trinajstić information content (AvgIpc) is 2.53. The van der Waals surface area contributed by atoms with Crippen LogP contribution in [0.15, 0.2) is 48.5 Å². The molecule has 1 atom stereocenters. The predicted octanol–water partition coefficient (Wildman–Crippen LogP) is 2.09. The van der Waals surface area contributed by atoms with Crippen LogP contribution in [0.25, 0.3) is 0 Å². The van der Waals surface area contributed by atoms with E-state index in [1.165, 1.54) is 18.2 Å².